The van der Waals surface area contributed by atoms with Gasteiger partial charge in [0.1, 0.15) is 18.1 Å². The van der Waals surface area contributed by atoms with Crippen molar-refractivity contribution in [2.45, 2.75) is 19.0 Å². The van der Waals surface area contributed by atoms with E-state index in [1.807, 2.05) is 47.2 Å². The molecule has 0 aliphatic carbocycles. The summed E-state index contributed by atoms with van der Waals surface area (Å²) in [6.07, 6.45) is 2.84. The molecule has 0 bridgehead atoms. The molecule has 0 spiro atoms. The van der Waals surface area contributed by atoms with Gasteiger partial charge in [0.25, 0.3) is 0 Å². The first-order chi connectivity index (χ1) is 12.3. The lowest BCUT2D eigenvalue weighted by molar-refractivity contribution is 0.315. The van der Waals surface area contributed by atoms with Crippen LogP contribution in [0.25, 0.3) is 0 Å². The minimum Gasteiger partial charge on any atom is -0.474 e. The van der Waals surface area contributed by atoms with Gasteiger partial charge in [0, 0.05) is 12.7 Å². The van der Waals surface area contributed by atoms with Gasteiger partial charge in [0.2, 0.25) is 5.90 Å². The lowest BCUT2D eigenvalue weighted by Crippen LogP contribution is -2.11. The highest BCUT2D eigenvalue weighted by Gasteiger charge is 2.22. The van der Waals surface area contributed by atoms with Crippen molar-refractivity contribution in [1.29, 1.82) is 0 Å². The Labute approximate surface area is 146 Å². The summed E-state index contributed by atoms with van der Waals surface area (Å²) in [5.74, 6) is 0.450. The van der Waals surface area contributed by atoms with E-state index in [0.29, 0.717) is 19.0 Å². The first-order valence-electron chi connectivity index (χ1n) is 8.42. The quantitative estimate of drug-likeness (QED) is 0.691. The van der Waals surface area contributed by atoms with Crippen LogP contribution >= 0.6 is 0 Å². The first-order valence-corrected chi connectivity index (χ1v) is 8.42. The highest BCUT2D eigenvalue weighted by atomic mass is 19.1. The van der Waals surface area contributed by atoms with Crippen LogP contribution in [0.4, 0.5) is 4.39 Å². The van der Waals surface area contributed by atoms with Crippen LogP contribution in [0.2, 0.25) is 0 Å². The second-order valence-electron chi connectivity index (χ2n) is 6.24. The van der Waals surface area contributed by atoms with Gasteiger partial charge in [-0.15, -0.1) is 0 Å². The SMILES string of the molecule is Fc1cccc(Cn2cccc2C2=NC(Cc3ccccc3)CO2)c1. The summed E-state index contributed by atoms with van der Waals surface area (Å²) in [5.41, 5.74) is 3.10. The second-order valence-corrected chi connectivity index (χ2v) is 6.24. The van der Waals surface area contributed by atoms with Crippen LogP contribution in [-0.2, 0) is 17.7 Å². The molecule has 0 amide bonds. The van der Waals surface area contributed by atoms with Crippen molar-refractivity contribution >= 4 is 5.90 Å². The topological polar surface area (TPSA) is 26.5 Å². The van der Waals surface area contributed by atoms with E-state index in [1.54, 1.807) is 12.1 Å². The predicted octanol–water partition coefficient (Wildman–Crippen LogP) is 4.06. The average molecular weight is 334 g/mol. The Balaban J connectivity index is 1.51. The first kappa shape index (κ1) is 15.6. The lowest BCUT2D eigenvalue weighted by atomic mass is 10.1. The van der Waals surface area contributed by atoms with E-state index in [1.165, 1.54) is 11.6 Å². The van der Waals surface area contributed by atoms with Crippen LogP contribution in [0.15, 0.2) is 77.9 Å². The maximum absolute atomic E-state index is 13.4. The number of nitrogens with zero attached hydrogens (tertiary/aromatic N) is 2. The molecule has 1 unspecified atom stereocenters. The molecule has 3 nitrogen and oxygen atoms in total. The maximum Gasteiger partial charge on any atom is 0.233 e. The molecule has 0 saturated carbocycles. The van der Waals surface area contributed by atoms with Crippen LogP contribution in [0.3, 0.4) is 0 Å². The molecule has 2 heterocycles. The van der Waals surface area contributed by atoms with E-state index < -0.39 is 0 Å². The number of ether oxygens (including phenoxy) is 1. The monoisotopic (exact) mass is 334 g/mol. The summed E-state index contributed by atoms with van der Waals surface area (Å²) in [5, 5.41) is 0. The Kier molecular flexibility index (Phi) is 4.34. The number of rotatable bonds is 5. The lowest BCUT2D eigenvalue weighted by Gasteiger charge is -2.09. The fourth-order valence-electron chi connectivity index (χ4n) is 3.12. The molecule has 126 valence electrons. The van der Waals surface area contributed by atoms with Crippen LogP contribution < -0.4 is 0 Å². The summed E-state index contributed by atoms with van der Waals surface area (Å²) < 4.78 is 21.3. The van der Waals surface area contributed by atoms with E-state index in [-0.39, 0.29) is 11.9 Å². The molecular weight excluding hydrogens is 315 g/mol. The third kappa shape index (κ3) is 3.63. The smallest absolute Gasteiger partial charge is 0.233 e. The third-order valence-electron chi connectivity index (χ3n) is 4.32. The highest BCUT2D eigenvalue weighted by Crippen LogP contribution is 2.18. The molecule has 0 radical (unpaired) electrons. The zero-order chi connectivity index (χ0) is 17.1. The highest BCUT2D eigenvalue weighted by molar-refractivity contribution is 5.93. The number of benzene rings is 2. The van der Waals surface area contributed by atoms with Gasteiger partial charge >= 0.3 is 0 Å². The molecule has 4 heteroatoms. The molecule has 1 aliphatic heterocycles. The zero-order valence-electron chi connectivity index (χ0n) is 13.8. The standard InChI is InChI=1S/C21H19FN2O/c22-18-9-4-8-17(12-18)14-24-11-5-10-20(24)21-23-19(15-25-21)13-16-6-2-1-3-7-16/h1-12,19H,13-15H2. The van der Waals surface area contributed by atoms with E-state index in [9.17, 15) is 4.39 Å². The predicted molar refractivity (Wildman–Crippen MR) is 96.4 cm³/mol. The van der Waals surface area contributed by atoms with Gasteiger partial charge in [-0.25, -0.2) is 9.38 Å². The average Bonchev–Trinajstić information content (AvgIpc) is 3.25. The normalized spacial score (nSPS) is 16.5. The fraction of sp³-hybridized carbons (Fsp3) is 0.190. The Morgan fingerprint density at radius 3 is 2.68 bits per heavy atom. The summed E-state index contributed by atoms with van der Waals surface area (Å²) in [4.78, 5) is 4.75. The Bertz CT molecular complexity index is 886. The molecule has 0 N–H and O–H groups in total. The van der Waals surface area contributed by atoms with Gasteiger partial charge in [0.05, 0.1) is 6.04 Å². The molecular formula is C21H19FN2O. The summed E-state index contributed by atoms with van der Waals surface area (Å²) in [7, 11) is 0. The number of hydrogen-bond donors (Lipinski definition) is 0. The van der Waals surface area contributed by atoms with E-state index in [2.05, 4.69) is 12.1 Å². The van der Waals surface area contributed by atoms with Crippen molar-refractivity contribution in [2.75, 3.05) is 6.61 Å². The van der Waals surface area contributed by atoms with E-state index in [4.69, 9.17) is 9.73 Å². The van der Waals surface area contributed by atoms with Gasteiger partial charge in [0.15, 0.2) is 0 Å². The van der Waals surface area contributed by atoms with Gasteiger partial charge < -0.3 is 9.30 Å². The molecule has 1 aliphatic rings. The zero-order valence-corrected chi connectivity index (χ0v) is 13.8. The fourth-order valence-corrected chi connectivity index (χ4v) is 3.12. The molecule has 2 aromatic carbocycles. The van der Waals surface area contributed by atoms with Gasteiger partial charge in [-0.05, 0) is 41.8 Å². The van der Waals surface area contributed by atoms with Crippen molar-refractivity contribution in [3.63, 3.8) is 0 Å². The van der Waals surface area contributed by atoms with E-state index >= 15 is 0 Å². The summed E-state index contributed by atoms with van der Waals surface area (Å²) >= 11 is 0. The molecule has 25 heavy (non-hydrogen) atoms. The largest absolute Gasteiger partial charge is 0.474 e. The summed E-state index contributed by atoms with van der Waals surface area (Å²) in [6.45, 7) is 1.18. The minimum absolute atomic E-state index is 0.134. The molecule has 0 saturated heterocycles. The van der Waals surface area contributed by atoms with Crippen molar-refractivity contribution in [3.05, 3.63) is 95.6 Å². The maximum atomic E-state index is 13.4. The van der Waals surface area contributed by atoms with Crippen LogP contribution in [0, 0.1) is 5.82 Å². The van der Waals surface area contributed by atoms with Crippen LogP contribution in [0.5, 0.6) is 0 Å². The molecule has 1 aromatic heterocycles. The molecule has 1 atom stereocenters. The van der Waals surface area contributed by atoms with Crippen molar-refractivity contribution in [3.8, 4) is 0 Å². The second kappa shape index (κ2) is 6.93. The molecule has 4 rings (SSSR count). The third-order valence-corrected chi connectivity index (χ3v) is 4.32. The van der Waals surface area contributed by atoms with Crippen LogP contribution in [-0.4, -0.2) is 23.1 Å². The van der Waals surface area contributed by atoms with Gasteiger partial charge in [-0.3, -0.25) is 0 Å². The van der Waals surface area contributed by atoms with Crippen molar-refractivity contribution in [2.24, 2.45) is 4.99 Å². The molecule has 0 fully saturated rings. The van der Waals surface area contributed by atoms with Gasteiger partial charge in [-0.2, -0.15) is 0 Å². The Morgan fingerprint density at radius 1 is 1.00 bits per heavy atom. The number of halogens is 1. The Morgan fingerprint density at radius 2 is 1.84 bits per heavy atom. The van der Waals surface area contributed by atoms with Gasteiger partial charge in [-0.1, -0.05) is 42.5 Å². The number of aliphatic imine (C=N–C) groups is 1. The Hall–Kier alpha value is -2.88. The molecule has 3 aromatic rings. The summed E-state index contributed by atoms with van der Waals surface area (Å²) in [6, 6.07) is 21.1. The number of aromatic nitrogens is 1. The number of hydrogen-bond acceptors (Lipinski definition) is 2. The van der Waals surface area contributed by atoms with Crippen molar-refractivity contribution in [1.82, 2.24) is 4.57 Å². The van der Waals surface area contributed by atoms with E-state index in [0.717, 1.165) is 17.7 Å². The van der Waals surface area contributed by atoms with Crippen LogP contribution in [0.1, 0.15) is 16.8 Å². The van der Waals surface area contributed by atoms with Crippen molar-refractivity contribution < 1.29 is 9.13 Å². The minimum atomic E-state index is -0.219.